The number of hydrogen-bond acceptors (Lipinski definition) is 4. The van der Waals surface area contributed by atoms with E-state index in [1.165, 1.54) is 0 Å². The summed E-state index contributed by atoms with van der Waals surface area (Å²) in [4.78, 5) is 29.4. The minimum Gasteiger partial charge on any atom is -0.463 e. The Kier molecular flexibility index (Phi) is 4.05. The van der Waals surface area contributed by atoms with Gasteiger partial charge in [-0.3, -0.25) is 9.89 Å². The first-order chi connectivity index (χ1) is 11.1. The first-order valence-electron chi connectivity index (χ1n) is 7.41. The topological polar surface area (TPSA) is 85.7 Å². The SMILES string of the molecule is CN(C)C(=O)N1CCN(C(=O)c2cc(-c3ccco3)[nH]n2)CC1. The maximum absolute atomic E-state index is 12.5. The minimum absolute atomic E-state index is 0.0306. The summed E-state index contributed by atoms with van der Waals surface area (Å²) in [5.41, 5.74) is 1.02. The van der Waals surface area contributed by atoms with Crippen LogP contribution in [0.4, 0.5) is 4.79 Å². The Morgan fingerprint density at radius 2 is 1.91 bits per heavy atom. The van der Waals surface area contributed by atoms with Gasteiger partial charge in [-0.1, -0.05) is 0 Å². The van der Waals surface area contributed by atoms with Gasteiger partial charge >= 0.3 is 6.03 Å². The highest BCUT2D eigenvalue weighted by Gasteiger charge is 2.26. The van der Waals surface area contributed by atoms with Crippen molar-refractivity contribution in [3.63, 3.8) is 0 Å². The fourth-order valence-electron chi connectivity index (χ4n) is 2.53. The molecular weight excluding hydrogens is 298 g/mol. The summed E-state index contributed by atoms with van der Waals surface area (Å²) in [5, 5.41) is 6.87. The maximum atomic E-state index is 12.5. The monoisotopic (exact) mass is 317 g/mol. The van der Waals surface area contributed by atoms with E-state index in [2.05, 4.69) is 10.2 Å². The molecule has 1 aliphatic rings. The molecule has 122 valence electrons. The van der Waals surface area contributed by atoms with Crippen LogP contribution >= 0.6 is 0 Å². The predicted octanol–water partition coefficient (Wildman–Crippen LogP) is 1.11. The van der Waals surface area contributed by atoms with Crippen LogP contribution in [-0.4, -0.2) is 77.1 Å². The Morgan fingerprint density at radius 1 is 1.22 bits per heavy atom. The zero-order valence-corrected chi connectivity index (χ0v) is 13.2. The second-order valence-electron chi connectivity index (χ2n) is 5.60. The molecule has 3 amide bonds. The molecule has 2 aromatic heterocycles. The van der Waals surface area contributed by atoms with E-state index in [1.807, 2.05) is 0 Å². The Hall–Kier alpha value is -2.77. The molecule has 0 saturated carbocycles. The summed E-state index contributed by atoms with van der Waals surface area (Å²) in [6.07, 6.45) is 1.57. The lowest BCUT2D eigenvalue weighted by Crippen LogP contribution is -2.52. The van der Waals surface area contributed by atoms with Crippen LogP contribution in [0, 0.1) is 0 Å². The molecule has 1 N–H and O–H groups in total. The van der Waals surface area contributed by atoms with E-state index >= 15 is 0 Å². The van der Waals surface area contributed by atoms with E-state index in [1.54, 1.807) is 53.3 Å². The minimum atomic E-state index is -0.143. The first-order valence-corrected chi connectivity index (χ1v) is 7.41. The van der Waals surface area contributed by atoms with Gasteiger partial charge in [-0.2, -0.15) is 5.10 Å². The molecule has 0 bridgehead atoms. The summed E-state index contributed by atoms with van der Waals surface area (Å²) in [5.74, 6) is 0.494. The molecule has 8 nitrogen and oxygen atoms in total. The largest absolute Gasteiger partial charge is 0.463 e. The Labute approximate surface area is 133 Å². The van der Waals surface area contributed by atoms with E-state index in [-0.39, 0.29) is 11.9 Å². The summed E-state index contributed by atoms with van der Waals surface area (Å²) in [6.45, 7) is 2.05. The molecule has 0 aromatic carbocycles. The van der Waals surface area contributed by atoms with Crippen LogP contribution in [0.15, 0.2) is 28.9 Å². The number of carbonyl (C=O) groups excluding carboxylic acids is 2. The number of aromatic nitrogens is 2. The summed E-state index contributed by atoms with van der Waals surface area (Å²) < 4.78 is 5.28. The third-order valence-corrected chi connectivity index (χ3v) is 3.80. The lowest BCUT2D eigenvalue weighted by atomic mass is 10.2. The van der Waals surface area contributed by atoms with Crippen molar-refractivity contribution in [1.29, 1.82) is 0 Å². The van der Waals surface area contributed by atoms with Crippen molar-refractivity contribution in [2.45, 2.75) is 0 Å². The van der Waals surface area contributed by atoms with Crippen LogP contribution < -0.4 is 0 Å². The van der Waals surface area contributed by atoms with E-state index in [0.717, 1.165) is 0 Å². The van der Waals surface area contributed by atoms with Crippen LogP contribution in [0.25, 0.3) is 11.5 Å². The number of aromatic amines is 1. The van der Waals surface area contributed by atoms with Crippen molar-refractivity contribution in [3.8, 4) is 11.5 Å². The smallest absolute Gasteiger partial charge is 0.319 e. The standard InChI is InChI=1S/C15H19N5O3/c1-18(2)15(22)20-7-5-19(6-8-20)14(21)12-10-11(16-17-12)13-4-3-9-23-13/h3-4,9-10H,5-8H2,1-2H3,(H,16,17). The Bertz CT molecular complexity index is 684. The second-order valence-corrected chi connectivity index (χ2v) is 5.60. The van der Waals surface area contributed by atoms with Gasteiger partial charge in [0.1, 0.15) is 5.69 Å². The van der Waals surface area contributed by atoms with Crippen LogP contribution in [-0.2, 0) is 0 Å². The molecule has 0 aliphatic carbocycles. The van der Waals surface area contributed by atoms with Gasteiger partial charge in [0.2, 0.25) is 0 Å². The number of amides is 3. The number of carbonyl (C=O) groups is 2. The molecule has 2 aromatic rings. The second kappa shape index (κ2) is 6.15. The average Bonchev–Trinajstić information content (AvgIpc) is 3.24. The molecule has 0 spiro atoms. The average molecular weight is 317 g/mol. The summed E-state index contributed by atoms with van der Waals surface area (Å²) >= 11 is 0. The number of furan rings is 1. The van der Waals surface area contributed by atoms with Gasteiger partial charge in [0.15, 0.2) is 11.5 Å². The summed E-state index contributed by atoms with van der Waals surface area (Å²) in [7, 11) is 3.44. The van der Waals surface area contributed by atoms with Gasteiger partial charge in [0.05, 0.1) is 6.26 Å². The number of nitrogens with zero attached hydrogens (tertiary/aromatic N) is 4. The van der Waals surface area contributed by atoms with Crippen molar-refractivity contribution < 1.29 is 14.0 Å². The molecule has 0 atom stereocenters. The number of hydrogen-bond donors (Lipinski definition) is 1. The molecule has 3 rings (SSSR count). The Morgan fingerprint density at radius 3 is 2.52 bits per heavy atom. The highest BCUT2D eigenvalue weighted by atomic mass is 16.3. The number of rotatable bonds is 2. The van der Waals surface area contributed by atoms with Gasteiger partial charge in [-0.15, -0.1) is 0 Å². The third kappa shape index (κ3) is 3.05. The lowest BCUT2D eigenvalue weighted by molar-refractivity contribution is 0.0644. The number of urea groups is 1. The zero-order chi connectivity index (χ0) is 16.4. The molecule has 1 aliphatic heterocycles. The van der Waals surface area contributed by atoms with Crippen molar-refractivity contribution in [2.75, 3.05) is 40.3 Å². The Balaban J connectivity index is 1.63. The fourth-order valence-corrected chi connectivity index (χ4v) is 2.53. The van der Waals surface area contributed by atoms with Gasteiger partial charge in [-0.25, -0.2) is 4.79 Å². The molecule has 8 heteroatoms. The first kappa shape index (κ1) is 15.1. The van der Waals surface area contributed by atoms with Crippen molar-refractivity contribution >= 4 is 11.9 Å². The highest BCUT2D eigenvalue weighted by Crippen LogP contribution is 2.19. The molecule has 23 heavy (non-hydrogen) atoms. The molecule has 3 heterocycles. The van der Waals surface area contributed by atoms with Crippen molar-refractivity contribution in [2.24, 2.45) is 0 Å². The third-order valence-electron chi connectivity index (χ3n) is 3.80. The van der Waals surface area contributed by atoms with Crippen LogP contribution in [0.3, 0.4) is 0 Å². The fraction of sp³-hybridized carbons (Fsp3) is 0.400. The van der Waals surface area contributed by atoms with Crippen molar-refractivity contribution in [3.05, 3.63) is 30.2 Å². The number of H-pyrrole nitrogens is 1. The van der Waals surface area contributed by atoms with Gasteiger partial charge in [0.25, 0.3) is 5.91 Å². The molecular formula is C15H19N5O3. The summed E-state index contributed by atoms with van der Waals surface area (Å²) in [6, 6.07) is 5.22. The number of piperazine rings is 1. The van der Waals surface area contributed by atoms with Gasteiger partial charge in [0, 0.05) is 46.3 Å². The van der Waals surface area contributed by atoms with Crippen molar-refractivity contribution in [1.82, 2.24) is 24.9 Å². The maximum Gasteiger partial charge on any atom is 0.319 e. The van der Waals surface area contributed by atoms with E-state index < -0.39 is 0 Å². The highest BCUT2D eigenvalue weighted by molar-refractivity contribution is 5.93. The quantitative estimate of drug-likeness (QED) is 0.899. The van der Waals surface area contributed by atoms with E-state index in [4.69, 9.17) is 4.42 Å². The number of nitrogens with one attached hydrogen (secondary N) is 1. The molecule has 0 unspecified atom stereocenters. The van der Waals surface area contributed by atoms with Crippen LogP contribution in [0.2, 0.25) is 0 Å². The predicted molar refractivity (Wildman–Crippen MR) is 82.8 cm³/mol. The van der Waals surface area contributed by atoms with Gasteiger partial charge < -0.3 is 19.1 Å². The van der Waals surface area contributed by atoms with E-state index in [0.29, 0.717) is 43.3 Å². The lowest BCUT2D eigenvalue weighted by Gasteiger charge is -2.35. The van der Waals surface area contributed by atoms with Crippen LogP contribution in [0.5, 0.6) is 0 Å². The zero-order valence-electron chi connectivity index (χ0n) is 13.2. The van der Waals surface area contributed by atoms with Crippen LogP contribution in [0.1, 0.15) is 10.5 Å². The normalized spacial score (nSPS) is 14.9. The van der Waals surface area contributed by atoms with Gasteiger partial charge in [-0.05, 0) is 12.1 Å². The van der Waals surface area contributed by atoms with E-state index in [9.17, 15) is 9.59 Å². The molecule has 1 fully saturated rings. The molecule has 1 saturated heterocycles. The molecule has 0 radical (unpaired) electrons.